The van der Waals surface area contributed by atoms with E-state index in [2.05, 4.69) is 11.8 Å². The molecule has 150 valence electrons. The number of ether oxygens (including phenoxy) is 2. The van der Waals surface area contributed by atoms with Gasteiger partial charge in [0.15, 0.2) is 11.5 Å². The first kappa shape index (κ1) is 20.2. The quantitative estimate of drug-likeness (QED) is 0.718. The second-order valence-electron chi connectivity index (χ2n) is 7.18. The van der Waals surface area contributed by atoms with Crippen LogP contribution in [0.5, 0.6) is 11.5 Å². The monoisotopic (exact) mass is 383 g/mol. The third kappa shape index (κ3) is 4.84. The van der Waals surface area contributed by atoms with Gasteiger partial charge < -0.3 is 14.6 Å². The van der Waals surface area contributed by atoms with E-state index in [1.165, 1.54) is 0 Å². The van der Waals surface area contributed by atoms with Gasteiger partial charge in [0.25, 0.3) is 0 Å². The molecule has 2 aromatic rings. The molecule has 0 bridgehead atoms. The SMILES string of the molecule is CCOc1cc(C(C)N2CCCCC2C(=O)O)ccc1OCc1ccccc1. The molecule has 0 saturated carbocycles. The third-order valence-electron chi connectivity index (χ3n) is 5.31. The lowest BCUT2D eigenvalue weighted by Crippen LogP contribution is -2.45. The summed E-state index contributed by atoms with van der Waals surface area (Å²) in [5, 5.41) is 9.58. The Balaban J connectivity index is 1.78. The van der Waals surface area contributed by atoms with Crippen molar-refractivity contribution < 1.29 is 19.4 Å². The Morgan fingerprint density at radius 3 is 2.64 bits per heavy atom. The minimum atomic E-state index is -0.737. The molecule has 1 saturated heterocycles. The standard InChI is InChI=1S/C23H29NO4/c1-3-27-22-15-19(17(2)24-14-8-7-11-20(24)23(25)26)12-13-21(22)28-16-18-9-5-4-6-10-18/h4-6,9-10,12-13,15,17,20H,3,7-8,11,14,16H2,1-2H3,(H,25,26). The fraction of sp³-hybridized carbons (Fsp3) is 0.435. The third-order valence-corrected chi connectivity index (χ3v) is 5.31. The van der Waals surface area contributed by atoms with Gasteiger partial charge in [0.2, 0.25) is 0 Å². The van der Waals surface area contributed by atoms with E-state index in [1.807, 2.05) is 55.5 Å². The Morgan fingerprint density at radius 2 is 1.93 bits per heavy atom. The predicted octanol–water partition coefficient (Wildman–Crippen LogP) is 4.66. The molecule has 5 nitrogen and oxygen atoms in total. The van der Waals surface area contributed by atoms with Crippen LogP contribution in [-0.4, -0.2) is 35.2 Å². The summed E-state index contributed by atoms with van der Waals surface area (Å²) in [4.78, 5) is 13.7. The average Bonchev–Trinajstić information content (AvgIpc) is 2.73. The van der Waals surface area contributed by atoms with Crippen LogP contribution in [0.1, 0.15) is 50.3 Å². The Bertz CT molecular complexity index is 777. The predicted molar refractivity (Wildman–Crippen MR) is 109 cm³/mol. The molecule has 1 fully saturated rings. The van der Waals surface area contributed by atoms with Crippen molar-refractivity contribution in [3.05, 3.63) is 59.7 Å². The number of hydrogen-bond donors (Lipinski definition) is 1. The number of hydrogen-bond acceptors (Lipinski definition) is 4. The summed E-state index contributed by atoms with van der Waals surface area (Å²) in [6.07, 6.45) is 2.71. The van der Waals surface area contributed by atoms with Crippen LogP contribution in [-0.2, 0) is 11.4 Å². The van der Waals surface area contributed by atoms with Crippen molar-refractivity contribution in [3.8, 4) is 11.5 Å². The molecule has 1 aliphatic heterocycles. The summed E-state index contributed by atoms with van der Waals surface area (Å²) in [5.41, 5.74) is 2.14. The van der Waals surface area contributed by atoms with Crippen molar-refractivity contribution >= 4 is 5.97 Å². The van der Waals surface area contributed by atoms with Gasteiger partial charge in [-0.05, 0) is 56.5 Å². The van der Waals surface area contributed by atoms with E-state index in [0.717, 1.165) is 30.5 Å². The molecule has 3 rings (SSSR count). The van der Waals surface area contributed by atoms with Crippen LogP contribution in [0.25, 0.3) is 0 Å². The summed E-state index contributed by atoms with van der Waals surface area (Å²) in [6.45, 7) is 5.83. The summed E-state index contributed by atoms with van der Waals surface area (Å²) < 4.78 is 11.8. The number of benzene rings is 2. The van der Waals surface area contributed by atoms with Crippen LogP contribution in [0, 0.1) is 0 Å². The lowest BCUT2D eigenvalue weighted by Gasteiger charge is -2.37. The van der Waals surface area contributed by atoms with Crippen molar-refractivity contribution in [2.45, 2.75) is 51.8 Å². The van der Waals surface area contributed by atoms with Crippen molar-refractivity contribution in [2.75, 3.05) is 13.2 Å². The van der Waals surface area contributed by atoms with Gasteiger partial charge in [0, 0.05) is 6.04 Å². The van der Waals surface area contributed by atoms with E-state index in [4.69, 9.17) is 9.47 Å². The van der Waals surface area contributed by atoms with E-state index in [0.29, 0.717) is 31.1 Å². The Hall–Kier alpha value is -2.53. The molecule has 2 aromatic carbocycles. The number of carbonyl (C=O) groups is 1. The van der Waals surface area contributed by atoms with Crippen LogP contribution in [0.3, 0.4) is 0 Å². The first-order valence-corrected chi connectivity index (χ1v) is 10.0. The van der Waals surface area contributed by atoms with Crippen molar-refractivity contribution in [2.24, 2.45) is 0 Å². The van der Waals surface area contributed by atoms with Gasteiger partial charge in [-0.15, -0.1) is 0 Å². The molecule has 0 aromatic heterocycles. The molecule has 1 heterocycles. The maximum absolute atomic E-state index is 11.7. The van der Waals surface area contributed by atoms with Crippen molar-refractivity contribution in [1.82, 2.24) is 4.90 Å². The summed E-state index contributed by atoms with van der Waals surface area (Å²) in [6, 6.07) is 15.5. The molecule has 5 heteroatoms. The van der Waals surface area contributed by atoms with E-state index in [1.54, 1.807) is 0 Å². The first-order chi connectivity index (χ1) is 13.6. The highest BCUT2D eigenvalue weighted by Crippen LogP contribution is 2.35. The van der Waals surface area contributed by atoms with E-state index in [-0.39, 0.29) is 6.04 Å². The van der Waals surface area contributed by atoms with Gasteiger partial charge in [-0.3, -0.25) is 9.69 Å². The topological polar surface area (TPSA) is 59.0 Å². The smallest absolute Gasteiger partial charge is 0.320 e. The molecule has 2 unspecified atom stereocenters. The molecule has 0 spiro atoms. The fourth-order valence-electron chi connectivity index (χ4n) is 3.78. The average molecular weight is 383 g/mol. The van der Waals surface area contributed by atoms with E-state index < -0.39 is 12.0 Å². The Morgan fingerprint density at radius 1 is 1.14 bits per heavy atom. The lowest BCUT2D eigenvalue weighted by atomic mass is 9.97. The number of piperidine rings is 1. The molecular formula is C23H29NO4. The van der Waals surface area contributed by atoms with Crippen LogP contribution < -0.4 is 9.47 Å². The molecule has 0 aliphatic carbocycles. The van der Waals surface area contributed by atoms with Gasteiger partial charge >= 0.3 is 5.97 Å². The molecule has 2 atom stereocenters. The first-order valence-electron chi connectivity index (χ1n) is 10.0. The Kier molecular flexibility index (Phi) is 6.93. The zero-order chi connectivity index (χ0) is 19.9. The molecular weight excluding hydrogens is 354 g/mol. The van der Waals surface area contributed by atoms with E-state index in [9.17, 15) is 9.90 Å². The fourth-order valence-corrected chi connectivity index (χ4v) is 3.78. The second-order valence-corrected chi connectivity index (χ2v) is 7.18. The number of carboxylic acids is 1. The zero-order valence-corrected chi connectivity index (χ0v) is 16.6. The molecule has 1 aliphatic rings. The highest BCUT2D eigenvalue weighted by atomic mass is 16.5. The van der Waals surface area contributed by atoms with Crippen molar-refractivity contribution in [3.63, 3.8) is 0 Å². The zero-order valence-electron chi connectivity index (χ0n) is 16.6. The minimum Gasteiger partial charge on any atom is -0.490 e. The van der Waals surface area contributed by atoms with Gasteiger partial charge in [0.05, 0.1) is 6.61 Å². The number of carboxylic acid groups (broad SMARTS) is 1. The number of aliphatic carboxylic acids is 1. The highest BCUT2D eigenvalue weighted by Gasteiger charge is 2.32. The molecule has 28 heavy (non-hydrogen) atoms. The van der Waals surface area contributed by atoms with Gasteiger partial charge in [-0.25, -0.2) is 0 Å². The Labute approximate surface area is 166 Å². The van der Waals surface area contributed by atoms with Crippen LogP contribution >= 0.6 is 0 Å². The lowest BCUT2D eigenvalue weighted by molar-refractivity contribution is -0.145. The number of likely N-dealkylation sites (tertiary alicyclic amines) is 1. The summed E-state index contributed by atoms with van der Waals surface area (Å²) in [7, 11) is 0. The normalized spacial score (nSPS) is 18.4. The van der Waals surface area contributed by atoms with Crippen LogP contribution in [0.15, 0.2) is 48.5 Å². The highest BCUT2D eigenvalue weighted by molar-refractivity contribution is 5.73. The summed E-state index contributed by atoms with van der Waals surface area (Å²) >= 11 is 0. The number of nitrogens with zero attached hydrogens (tertiary/aromatic N) is 1. The van der Waals surface area contributed by atoms with Gasteiger partial charge in [-0.2, -0.15) is 0 Å². The maximum atomic E-state index is 11.7. The van der Waals surface area contributed by atoms with Gasteiger partial charge in [0.1, 0.15) is 12.6 Å². The van der Waals surface area contributed by atoms with Crippen LogP contribution in [0.4, 0.5) is 0 Å². The molecule has 0 radical (unpaired) electrons. The second kappa shape index (κ2) is 9.60. The van der Waals surface area contributed by atoms with E-state index >= 15 is 0 Å². The number of rotatable bonds is 8. The largest absolute Gasteiger partial charge is 0.490 e. The van der Waals surface area contributed by atoms with Gasteiger partial charge in [-0.1, -0.05) is 42.8 Å². The molecule has 0 amide bonds. The molecule has 1 N–H and O–H groups in total. The van der Waals surface area contributed by atoms with Crippen molar-refractivity contribution in [1.29, 1.82) is 0 Å². The summed E-state index contributed by atoms with van der Waals surface area (Å²) in [5.74, 6) is 0.668. The minimum absolute atomic E-state index is 0.00350. The van der Waals surface area contributed by atoms with Crippen LogP contribution in [0.2, 0.25) is 0 Å². The maximum Gasteiger partial charge on any atom is 0.320 e.